The van der Waals surface area contributed by atoms with E-state index >= 15 is 0 Å². The number of nitrogens with zero attached hydrogens (tertiary/aromatic N) is 1. The normalized spacial score (nSPS) is 18.9. The molecule has 22 heavy (non-hydrogen) atoms. The molecule has 1 amide bonds. The minimum Gasteiger partial charge on any atom is -0.480 e. The fourth-order valence-corrected chi connectivity index (χ4v) is 2.38. The van der Waals surface area contributed by atoms with Gasteiger partial charge in [-0.3, -0.25) is 14.5 Å². The molecule has 2 N–H and O–H groups in total. The van der Waals surface area contributed by atoms with E-state index in [9.17, 15) is 14.0 Å². The molecule has 1 saturated heterocycles. The van der Waals surface area contributed by atoms with Gasteiger partial charge < -0.3 is 15.2 Å². The van der Waals surface area contributed by atoms with Crippen LogP contribution in [0.1, 0.15) is 11.7 Å². The fourth-order valence-electron chi connectivity index (χ4n) is 2.19. The third-order valence-electron chi connectivity index (χ3n) is 3.27. The number of hydrogen-bond donors (Lipinski definition) is 2. The highest BCUT2D eigenvalue weighted by Crippen LogP contribution is 2.26. The molecule has 0 bridgehead atoms. The second-order valence-electron chi connectivity index (χ2n) is 4.94. The molecule has 1 aromatic carbocycles. The fraction of sp³-hybridized carbons (Fsp3) is 0.429. The van der Waals surface area contributed by atoms with Crippen molar-refractivity contribution in [3.05, 3.63) is 34.6 Å². The molecule has 0 radical (unpaired) electrons. The number of morpholine rings is 1. The topological polar surface area (TPSA) is 78.9 Å². The maximum absolute atomic E-state index is 13.2. The molecule has 1 atom stereocenters. The number of ether oxygens (including phenoxy) is 1. The van der Waals surface area contributed by atoms with Crippen LogP contribution < -0.4 is 5.32 Å². The molecular weight excluding hydrogens is 315 g/mol. The number of carboxylic acids is 1. The zero-order valence-electron chi connectivity index (χ0n) is 11.7. The van der Waals surface area contributed by atoms with Crippen LogP contribution in [0.2, 0.25) is 5.02 Å². The second-order valence-corrected chi connectivity index (χ2v) is 5.35. The molecule has 8 heteroatoms. The van der Waals surface area contributed by atoms with Crippen LogP contribution in [0.25, 0.3) is 0 Å². The lowest BCUT2D eigenvalue weighted by atomic mass is 10.1. The van der Waals surface area contributed by atoms with Crippen LogP contribution in [-0.4, -0.2) is 54.7 Å². The highest BCUT2D eigenvalue weighted by Gasteiger charge is 2.24. The predicted octanol–water partition coefficient (Wildman–Crippen LogP) is 1.05. The molecule has 1 fully saturated rings. The van der Waals surface area contributed by atoms with Gasteiger partial charge in [0.15, 0.2) is 0 Å². The van der Waals surface area contributed by atoms with Gasteiger partial charge in [-0.15, -0.1) is 0 Å². The first kappa shape index (κ1) is 16.7. The van der Waals surface area contributed by atoms with Crippen LogP contribution >= 0.6 is 11.6 Å². The summed E-state index contributed by atoms with van der Waals surface area (Å²) in [5.41, 5.74) is 0.738. The third kappa shape index (κ3) is 4.66. The first-order chi connectivity index (χ1) is 10.5. The molecule has 0 aromatic heterocycles. The van der Waals surface area contributed by atoms with Crippen molar-refractivity contribution in [2.24, 2.45) is 0 Å². The summed E-state index contributed by atoms with van der Waals surface area (Å²) in [4.78, 5) is 23.9. The Hall–Kier alpha value is -1.70. The van der Waals surface area contributed by atoms with Crippen molar-refractivity contribution in [2.75, 3.05) is 32.8 Å². The molecule has 120 valence electrons. The van der Waals surface area contributed by atoms with Gasteiger partial charge in [-0.25, -0.2) is 4.39 Å². The molecule has 2 rings (SSSR count). The number of aliphatic carboxylic acids is 1. The van der Waals surface area contributed by atoms with Crippen molar-refractivity contribution >= 4 is 23.5 Å². The van der Waals surface area contributed by atoms with Gasteiger partial charge in [0.25, 0.3) is 0 Å². The summed E-state index contributed by atoms with van der Waals surface area (Å²) >= 11 is 5.76. The molecule has 1 unspecified atom stereocenters. The molecule has 0 saturated carbocycles. The maximum Gasteiger partial charge on any atom is 0.322 e. The molecular formula is C14H16ClFN2O4. The van der Waals surface area contributed by atoms with E-state index in [0.29, 0.717) is 19.7 Å². The summed E-state index contributed by atoms with van der Waals surface area (Å²) in [6, 6.07) is 4.38. The Kier molecular flexibility index (Phi) is 5.70. The Morgan fingerprint density at radius 1 is 1.50 bits per heavy atom. The number of nitrogens with one attached hydrogen (secondary N) is 1. The maximum atomic E-state index is 13.2. The van der Waals surface area contributed by atoms with Gasteiger partial charge in [-0.1, -0.05) is 17.7 Å². The number of hydrogen-bond acceptors (Lipinski definition) is 4. The Bertz CT molecular complexity index is 570. The van der Waals surface area contributed by atoms with Crippen LogP contribution in [0.5, 0.6) is 0 Å². The van der Waals surface area contributed by atoms with Crippen molar-refractivity contribution in [3.8, 4) is 0 Å². The van der Waals surface area contributed by atoms with Crippen molar-refractivity contribution in [2.45, 2.75) is 6.10 Å². The zero-order chi connectivity index (χ0) is 16.1. The van der Waals surface area contributed by atoms with Crippen LogP contribution in [-0.2, 0) is 14.3 Å². The summed E-state index contributed by atoms with van der Waals surface area (Å²) in [6.45, 7) is 1.11. The van der Waals surface area contributed by atoms with Crippen LogP contribution in [0.15, 0.2) is 18.2 Å². The van der Waals surface area contributed by atoms with Crippen LogP contribution in [0.3, 0.4) is 0 Å². The minimum absolute atomic E-state index is 0.0254. The smallest absolute Gasteiger partial charge is 0.322 e. The number of carbonyl (C=O) groups is 2. The van der Waals surface area contributed by atoms with Crippen molar-refractivity contribution in [1.29, 1.82) is 0 Å². The highest BCUT2D eigenvalue weighted by molar-refractivity contribution is 6.30. The van der Waals surface area contributed by atoms with E-state index in [4.69, 9.17) is 21.4 Å². The highest BCUT2D eigenvalue weighted by atomic mass is 35.5. The molecule has 1 heterocycles. The number of carboxylic acid groups (broad SMARTS) is 1. The van der Waals surface area contributed by atoms with E-state index in [0.717, 1.165) is 5.56 Å². The lowest BCUT2D eigenvalue weighted by molar-refractivity contribution is -0.138. The lowest BCUT2D eigenvalue weighted by Crippen LogP contribution is -2.45. The molecule has 6 nitrogen and oxygen atoms in total. The largest absolute Gasteiger partial charge is 0.480 e. The Morgan fingerprint density at radius 2 is 2.27 bits per heavy atom. The van der Waals surface area contributed by atoms with E-state index in [-0.39, 0.29) is 23.6 Å². The van der Waals surface area contributed by atoms with Gasteiger partial charge in [-0.05, 0) is 17.7 Å². The van der Waals surface area contributed by atoms with Crippen LogP contribution in [0, 0.1) is 5.82 Å². The molecule has 1 aliphatic rings. The monoisotopic (exact) mass is 330 g/mol. The first-order valence-electron chi connectivity index (χ1n) is 6.73. The third-order valence-corrected chi connectivity index (χ3v) is 3.56. The minimum atomic E-state index is -1.09. The Balaban J connectivity index is 1.92. The number of halogens is 2. The van der Waals surface area contributed by atoms with Crippen molar-refractivity contribution in [3.63, 3.8) is 0 Å². The zero-order valence-corrected chi connectivity index (χ0v) is 12.5. The standard InChI is InChI=1S/C14H16ClFN2O4/c15-10-5-9(1-2-11(10)16)12-7-18(3-4-22-12)8-13(19)17-6-14(20)21/h1-2,5,12H,3-4,6-8H2,(H,17,19)(H,20,21). The lowest BCUT2D eigenvalue weighted by Gasteiger charge is -2.32. The molecule has 0 aliphatic carbocycles. The van der Waals surface area contributed by atoms with E-state index in [1.165, 1.54) is 12.1 Å². The SMILES string of the molecule is O=C(O)CNC(=O)CN1CCOC(c2ccc(F)c(Cl)c2)C1. The second kappa shape index (κ2) is 7.53. The van der Waals surface area contributed by atoms with E-state index in [1.807, 2.05) is 4.90 Å². The van der Waals surface area contributed by atoms with Gasteiger partial charge in [-0.2, -0.15) is 0 Å². The summed E-state index contributed by atoms with van der Waals surface area (Å²) in [6.07, 6.45) is -0.306. The Labute approximate surface area is 131 Å². The molecule has 1 aromatic rings. The van der Waals surface area contributed by atoms with Gasteiger partial charge in [0.1, 0.15) is 12.4 Å². The van der Waals surface area contributed by atoms with Crippen molar-refractivity contribution < 1.29 is 23.8 Å². The van der Waals surface area contributed by atoms with Gasteiger partial charge in [0.2, 0.25) is 5.91 Å². The van der Waals surface area contributed by atoms with E-state index in [2.05, 4.69) is 5.32 Å². The average Bonchev–Trinajstić information content (AvgIpc) is 2.48. The Morgan fingerprint density at radius 3 is 2.95 bits per heavy atom. The number of rotatable bonds is 5. The summed E-state index contributed by atoms with van der Waals surface area (Å²) in [5.74, 6) is -1.94. The molecule has 0 spiro atoms. The van der Waals surface area contributed by atoms with Gasteiger partial charge in [0.05, 0.1) is 24.3 Å². The van der Waals surface area contributed by atoms with Crippen molar-refractivity contribution in [1.82, 2.24) is 10.2 Å². The van der Waals surface area contributed by atoms with Gasteiger partial charge >= 0.3 is 5.97 Å². The summed E-state index contributed by atoms with van der Waals surface area (Å²) in [5, 5.41) is 10.9. The summed E-state index contributed by atoms with van der Waals surface area (Å²) in [7, 11) is 0. The summed E-state index contributed by atoms with van der Waals surface area (Å²) < 4.78 is 18.8. The number of carbonyl (C=O) groups excluding carboxylic acids is 1. The first-order valence-corrected chi connectivity index (χ1v) is 7.11. The van der Waals surface area contributed by atoms with E-state index < -0.39 is 18.3 Å². The number of amides is 1. The quantitative estimate of drug-likeness (QED) is 0.844. The predicted molar refractivity (Wildman–Crippen MR) is 77.2 cm³/mol. The number of benzene rings is 1. The molecule has 1 aliphatic heterocycles. The van der Waals surface area contributed by atoms with E-state index in [1.54, 1.807) is 6.07 Å². The van der Waals surface area contributed by atoms with Crippen LogP contribution in [0.4, 0.5) is 4.39 Å². The average molecular weight is 331 g/mol. The van der Waals surface area contributed by atoms with Gasteiger partial charge in [0, 0.05) is 13.1 Å².